The molecule has 13 nitrogen and oxygen atoms in total. The number of likely N-dealkylation sites (tertiary alicyclic amines) is 1. The first-order valence-electron chi connectivity index (χ1n) is 11.8. The van der Waals surface area contributed by atoms with E-state index in [1.165, 1.54) is 17.4 Å². The Morgan fingerprint density at radius 3 is 2.43 bits per heavy atom. The maximum atomic E-state index is 13.6. The van der Waals surface area contributed by atoms with Gasteiger partial charge in [0.15, 0.2) is 0 Å². The summed E-state index contributed by atoms with van der Waals surface area (Å²) in [6.45, 7) is 0.234. The molecule has 0 bridgehead atoms. The molecule has 1 aromatic heterocycles. The summed E-state index contributed by atoms with van der Waals surface area (Å²) in [4.78, 5) is 69.8. The highest BCUT2D eigenvalue weighted by Gasteiger charge is 2.39. The zero-order valence-electron chi connectivity index (χ0n) is 20.0. The van der Waals surface area contributed by atoms with E-state index in [1.807, 2.05) is 0 Å². The summed E-state index contributed by atoms with van der Waals surface area (Å²) in [5.41, 5.74) is 6.94. The molecule has 1 aromatic carbocycles. The van der Waals surface area contributed by atoms with E-state index >= 15 is 0 Å². The van der Waals surface area contributed by atoms with Gasteiger partial charge in [-0.05, 0) is 18.4 Å². The summed E-state index contributed by atoms with van der Waals surface area (Å²) in [5.74, 6) is -4.46. The van der Waals surface area contributed by atoms with Gasteiger partial charge in [0.25, 0.3) is 0 Å². The number of amides is 3. The van der Waals surface area contributed by atoms with Crippen molar-refractivity contribution in [3.63, 3.8) is 0 Å². The van der Waals surface area contributed by atoms with Gasteiger partial charge < -0.3 is 36.5 Å². The van der Waals surface area contributed by atoms with Gasteiger partial charge in [-0.15, -0.1) is 0 Å². The van der Waals surface area contributed by atoms with E-state index < -0.39 is 60.2 Å². The normalized spacial score (nSPS) is 17.4. The van der Waals surface area contributed by atoms with E-state index in [9.17, 15) is 29.1 Å². The lowest BCUT2D eigenvalue weighted by Crippen LogP contribution is -2.57. The number of nitrogens with zero attached hydrogens (tertiary/aromatic N) is 2. The second-order valence-electron chi connectivity index (χ2n) is 8.83. The van der Waals surface area contributed by atoms with Gasteiger partial charge in [-0.25, -0.2) is 9.78 Å². The predicted octanol–water partition coefficient (Wildman–Crippen LogP) is -0.958. The average Bonchev–Trinajstić information content (AvgIpc) is 3.55. The molecule has 1 fully saturated rings. The summed E-state index contributed by atoms with van der Waals surface area (Å²) >= 11 is 0. The molecule has 0 saturated carbocycles. The van der Waals surface area contributed by atoms with Gasteiger partial charge in [0, 0.05) is 31.3 Å². The molecular weight excluding hydrogens is 484 g/mol. The van der Waals surface area contributed by atoms with E-state index in [4.69, 9.17) is 10.8 Å². The second-order valence-corrected chi connectivity index (χ2v) is 8.83. The van der Waals surface area contributed by atoms with Crippen LogP contribution in [-0.2, 0) is 36.8 Å². The molecule has 0 spiro atoms. The van der Waals surface area contributed by atoms with E-state index in [-0.39, 0.29) is 19.4 Å². The van der Waals surface area contributed by atoms with Gasteiger partial charge >= 0.3 is 11.9 Å². The SMILES string of the molecule is NC(CC(=O)O)C(=O)NC(Cc1ccccc1)C(=O)N1CCCC1C(=O)NC(Cc1cnc[nH]1)C(=O)O. The van der Waals surface area contributed by atoms with Crippen LogP contribution in [0.1, 0.15) is 30.5 Å². The third-order valence-electron chi connectivity index (χ3n) is 6.06. The van der Waals surface area contributed by atoms with Crippen LogP contribution in [0.5, 0.6) is 0 Å². The predicted molar refractivity (Wildman–Crippen MR) is 129 cm³/mol. The number of nitrogens with two attached hydrogens (primary N) is 1. The first-order valence-corrected chi connectivity index (χ1v) is 11.8. The lowest BCUT2D eigenvalue weighted by Gasteiger charge is -2.30. The van der Waals surface area contributed by atoms with Gasteiger partial charge in [0.1, 0.15) is 18.1 Å². The average molecular weight is 515 g/mol. The minimum Gasteiger partial charge on any atom is -0.481 e. The largest absolute Gasteiger partial charge is 0.481 e. The highest BCUT2D eigenvalue weighted by atomic mass is 16.4. The molecule has 4 unspecified atom stereocenters. The zero-order valence-corrected chi connectivity index (χ0v) is 20.0. The van der Waals surface area contributed by atoms with Crippen LogP contribution in [0.25, 0.3) is 0 Å². The van der Waals surface area contributed by atoms with Gasteiger partial charge in [-0.2, -0.15) is 0 Å². The summed E-state index contributed by atoms with van der Waals surface area (Å²) in [6, 6.07) is 4.24. The van der Waals surface area contributed by atoms with Gasteiger partial charge in [-0.3, -0.25) is 19.2 Å². The summed E-state index contributed by atoms with van der Waals surface area (Å²) in [7, 11) is 0. The number of nitrogens with one attached hydrogen (secondary N) is 3. The molecular formula is C24H30N6O7. The van der Waals surface area contributed by atoms with Crippen molar-refractivity contribution >= 4 is 29.7 Å². The highest BCUT2D eigenvalue weighted by Crippen LogP contribution is 2.20. The molecule has 0 radical (unpaired) electrons. The fraction of sp³-hybridized carbons (Fsp3) is 0.417. The number of aromatic amines is 1. The van der Waals surface area contributed by atoms with Crippen molar-refractivity contribution in [1.29, 1.82) is 0 Å². The third kappa shape index (κ3) is 7.61. The van der Waals surface area contributed by atoms with Crippen molar-refractivity contribution in [3.05, 3.63) is 54.1 Å². The molecule has 7 N–H and O–H groups in total. The lowest BCUT2D eigenvalue weighted by molar-refractivity contribution is -0.145. The fourth-order valence-corrected chi connectivity index (χ4v) is 4.20. The number of hydrogen-bond acceptors (Lipinski definition) is 7. The first-order chi connectivity index (χ1) is 17.7. The number of carbonyl (C=O) groups excluding carboxylic acids is 3. The highest BCUT2D eigenvalue weighted by molar-refractivity contribution is 5.95. The van der Waals surface area contributed by atoms with Crippen molar-refractivity contribution in [2.75, 3.05) is 6.54 Å². The van der Waals surface area contributed by atoms with Crippen LogP contribution in [-0.4, -0.2) is 85.5 Å². The number of H-pyrrole nitrogens is 1. The first kappa shape index (κ1) is 27.3. The van der Waals surface area contributed by atoms with Gasteiger partial charge in [0.2, 0.25) is 17.7 Å². The Labute approximate surface area is 212 Å². The van der Waals surface area contributed by atoms with Crippen molar-refractivity contribution < 1.29 is 34.2 Å². The maximum Gasteiger partial charge on any atom is 0.326 e. The Morgan fingerprint density at radius 2 is 1.81 bits per heavy atom. The Hall–Kier alpha value is -4.26. The number of hydrogen-bond donors (Lipinski definition) is 6. The molecule has 13 heteroatoms. The number of imidazole rings is 1. The quantitative estimate of drug-likeness (QED) is 0.206. The van der Waals surface area contributed by atoms with Crippen LogP contribution >= 0.6 is 0 Å². The van der Waals surface area contributed by atoms with E-state index in [1.54, 1.807) is 30.3 Å². The van der Waals surface area contributed by atoms with Crippen LogP contribution in [0.3, 0.4) is 0 Å². The maximum absolute atomic E-state index is 13.6. The number of aliphatic carboxylic acids is 2. The molecule has 1 aliphatic heterocycles. The summed E-state index contributed by atoms with van der Waals surface area (Å²) in [6.07, 6.45) is 3.14. The van der Waals surface area contributed by atoms with Crippen LogP contribution in [0, 0.1) is 0 Å². The summed E-state index contributed by atoms with van der Waals surface area (Å²) in [5, 5.41) is 23.6. The molecule has 37 heavy (non-hydrogen) atoms. The topological polar surface area (TPSA) is 208 Å². The monoisotopic (exact) mass is 514 g/mol. The number of carbonyl (C=O) groups is 5. The minimum atomic E-state index is -1.36. The Morgan fingerprint density at radius 1 is 1.08 bits per heavy atom. The van der Waals surface area contributed by atoms with Crippen LogP contribution in [0.4, 0.5) is 0 Å². The standard InChI is InChI=1S/C24H30N6O7/c25-16(11-20(31)32)21(33)28-17(9-14-5-2-1-3-6-14)23(35)30-8-4-7-19(30)22(34)29-18(24(36)37)10-15-12-26-13-27-15/h1-3,5-6,12-13,16-19H,4,7-11,25H2,(H,26,27)(H,28,33)(H,29,34)(H,31,32)(H,36,37). The lowest BCUT2D eigenvalue weighted by atomic mass is 10.0. The molecule has 1 saturated heterocycles. The molecule has 198 valence electrons. The van der Waals surface area contributed by atoms with Gasteiger partial charge in [0.05, 0.1) is 18.8 Å². The van der Waals surface area contributed by atoms with Crippen molar-refractivity contribution in [1.82, 2.24) is 25.5 Å². The van der Waals surface area contributed by atoms with Crippen molar-refractivity contribution in [3.8, 4) is 0 Å². The molecule has 3 rings (SSSR count). The van der Waals surface area contributed by atoms with Crippen LogP contribution < -0.4 is 16.4 Å². The van der Waals surface area contributed by atoms with Crippen LogP contribution in [0.15, 0.2) is 42.9 Å². The van der Waals surface area contributed by atoms with Crippen molar-refractivity contribution in [2.45, 2.75) is 56.3 Å². The number of carboxylic acid groups (broad SMARTS) is 2. The fourth-order valence-electron chi connectivity index (χ4n) is 4.20. The second kappa shape index (κ2) is 12.6. The number of carboxylic acids is 2. The Bertz CT molecular complexity index is 1110. The number of aromatic nitrogens is 2. The van der Waals surface area contributed by atoms with Crippen molar-refractivity contribution in [2.24, 2.45) is 5.73 Å². The Balaban J connectivity index is 1.75. The molecule has 1 aliphatic rings. The molecule has 0 aliphatic carbocycles. The smallest absolute Gasteiger partial charge is 0.326 e. The zero-order chi connectivity index (χ0) is 26.9. The molecule has 2 aromatic rings. The third-order valence-corrected chi connectivity index (χ3v) is 6.06. The molecule has 3 amide bonds. The Kier molecular flexibility index (Phi) is 9.33. The minimum absolute atomic E-state index is 0.0180. The van der Waals surface area contributed by atoms with E-state index in [0.717, 1.165) is 5.56 Å². The molecule has 2 heterocycles. The number of rotatable bonds is 12. The van der Waals surface area contributed by atoms with E-state index in [2.05, 4.69) is 20.6 Å². The number of benzene rings is 1. The van der Waals surface area contributed by atoms with Gasteiger partial charge in [-0.1, -0.05) is 30.3 Å². The van der Waals surface area contributed by atoms with Crippen LogP contribution in [0.2, 0.25) is 0 Å². The summed E-state index contributed by atoms with van der Waals surface area (Å²) < 4.78 is 0. The van der Waals surface area contributed by atoms with E-state index in [0.29, 0.717) is 18.5 Å². The molecule has 4 atom stereocenters.